The highest BCUT2D eigenvalue weighted by molar-refractivity contribution is 7.90. The number of nitrogens with zero attached hydrogens (tertiary/aromatic N) is 3. The number of aliphatic hydroxyl groups is 1. The molecular formula is C19H21ClFN5O3S. The molecule has 0 bridgehead atoms. The van der Waals surface area contributed by atoms with Gasteiger partial charge >= 0.3 is 0 Å². The summed E-state index contributed by atoms with van der Waals surface area (Å²) in [6, 6.07) is 1.41. The molecule has 3 N–H and O–H groups in total. The molecule has 1 aliphatic rings. The van der Waals surface area contributed by atoms with Crippen molar-refractivity contribution < 1.29 is 17.9 Å². The SMILES string of the molecule is CS(=O)(=O)C[C@@]1(O)CCC[C@H](Nc2nc(-c3c[nH]c4ncc(Cl)cc34)ncc2F)C1. The minimum absolute atomic E-state index is 0.00190. The highest BCUT2D eigenvalue weighted by Crippen LogP contribution is 2.32. The van der Waals surface area contributed by atoms with Crippen LogP contribution in [0.4, 0.5) is 10.2 Å². The Morgan fingerprint density at radius 1 is 1.40 bits per heavy atom. The fraction of sp³-hybridized carbons (Fsp3) is 0.421. The largest absolute Gasteiger partial charge is 0.389 e. The first kappa shape index (κ1) is 21.0. The van der Waals surface area contributed by atoms with E-state index in [9.17, 15) is 17.9 Å². The van der Waals surface area contributed by atoms with E-state index in [-0.39, 0.29) is 29.9 Å². The summed E-state index contributed by atoms with van der Waals surface area (Å²) in [6.45, 7) is 0. The summed E-state index contributed by atoms with van der Waals surface area (Å²) in [5.74, 6) is -0.667. The highest BCUT2D eigenvalue weighted by Gasteiger charge is 2.37. The van der Waals surface area contributed by atoms with Gasteiger partial charge in [0.1, 0.15) is 15.5 Å². The molecule has 0 spiro atoms. The second kappa shape index (κ2) is 7.75. The van der Waals surface area contributed by atoms with E-state index in [1.807, 2.05) is 0 Å². The summed E-state index contributed by atoms with van der Waals surface area (Å²) in [5.41, 5.74) is -0.107. The average molecular weight is 454 g/mol. The van der Waals surface area contributed by atoms with Crippen molar-refractivity contribution in [2.75, 3.05) is 17.3 Å². The lowest BCUT2D eigenvalue weighted by molar-refractivity contribution is 0.0214. The third-order valence-electron chi connectivity index (χ3n) is 5.18. The molecule has 160 valence electrons. The highest BCUT2D eigenvalue weighted by atomic mass is 35.5. The maximum atomic E-state index is 14.4. The van der Waals surface area contributed by atoms with E-state index in [4.69, 9.17) is 11.6 Å². The van der Waals surface area contributed by atoms with Gasteiger partial charge in [0.2, 0.25) is 0 Å². The van der Waals surface area contributed by atoms with Crippen molar-refractivity contribution in [1.29, 1.82) is 0 Å². The Hall–Kier alpha value is -2.30. The summed E-state index contributed by atoms with van der Waals surface area (Å²) in [7, 11) is -3.34. The molecule has 0 aromatic carbocycles. The number of aromatic nitrogens is 4. The van der Waals surface area contributed by atoms with Gasteiger partial charge in [0, 0.05) is 35.6 Å². The molecule has 30 heavy (non-hydrogen) atoms. The lowest BCUT2D eigenvalue weighted by Gasteiger charge is -2.36. The van der Waals surface area contributed by atoms with Gasteiger partial charge in [-0.2, -0.15) is 0 Å². The Kier molecular flexibility index (Phi) is 5.41. The second-order valence-electron chi connectivity index (χ2n) is 7.87. The zero-order chi connectivity index (χ0) is 21.5. The first-order chi connectivity index (χ1) is 14.1. The van der Waals surface area contributed by atoms with Crippen LogP contribution in [0.3, 0.4) is 0 Å². The molecule has 8 nitrogen and oxygen atoms in total. The van der Waals surface area contributed by atoms with Crippen LogP contribution in [0.5, 0.6) is 0 Å². The van der Waals surface area contributed by atoms with E-state index < -0.39 is 21.3 Å². The summed E-state index contributed by atoms with van der Waals surface area (Å²) in [6.07, 6.45) is 7.23. The molecule has 0 unspecified atom stereocenters. The predicted octanol–water partition coefficient (Wildman–Crippen LogP) is 2.94. The van der Waals surface area contributed by atoms with E-state index in [0.717, 1.165) is 12.5 Å². The molecule has 1 aliphatic carbocycles. The fourth-order valence-corrected chi connectivity index (χ4v) is 5.43. The predicted molar refractivity (Wildman–Crippen MR) is 113 cm³/mol. The topological polar surface area (TPSA) is 121 Å². The van der Waals surface area contributed by atoms with Crippen molar-refractivity contribution >= 4 is 38.3 Å². The number of nitrogens with one attached hydrogen (secondary N) is 2. The molecule has 3 aromatic rings. The quantitative estimate of drug-likeness (QED) is 0.543. The van der Waals surface area contributed by atoms with Gasteiger partial charge in [0.15, 0.2) is 17.5 Å². The number of fused-ring (bicyclic) bond motifs is 1. The van der Waals surface area contributed by atoms with E-state index >= 15 is 0 Å². The van der Waals surface area contributed by atoms with Crippen LogP contribution in [0.2, 0.25) is 5.02 Å². The molecule has 0 radical (unpaired) electrons. The number of anilines is 1. The zero-order valence-electron chi connectivity index (χ0n) is 16.2. The number of sulfone groups is 1. The van der Waals surface area contributed by atoms with Crippen LogP contribution >= 0.6 is 11.6 Å². The number of hydrogen-bond acceptors (Lipinski definition) is 7. The lowest BCUT2D eigenvalue weighted by Crippen LogP contribution is -2.45. The maximum Gasteiger partial charge on any atom is 0.183 e. The van der Waals surface area contributed by atoms with E-state index in [1.54, 1.807) is 12.3 Å². The molecular weight excluding hydrogens is 433 g/mol. The van der Waals surface area contributed by atoms with Crippen molar-refractivity contribution in [1.82, 2.24) is 19.9 Å². The molecule has 4 rings (SSSR count). The van der Waals surface area contributed by atoms with Gasteiger partial charge in [-0.1, -0.05) is 11.6 Å². The third kappa shape index (κ3) is 4.55. The number of hydrogen-bond donors (Lipinski definition) is 3. The molecule has 1 fully saturated rings. The average Bonchev–Trinajstić information content (AvgIpc) is 3.04. The Morgan fingerprint density at radius 3 is 2.97 bits per heavy atom. The summed E-state index contributed by atoms with van der Waals surface area (Å²) in [4.78, 5) is 15.6. The van der Waals surface area contributed by atoms with Crippen molar-refractivity contribution in [3.05, 3.63) is 35.5 Å². The Labute approximate surface area is 177 Å². The van der Waals surface area contributed by atoms with Crippen molar-refractivity contribution in [2.24, 2.45) is 0 Å². The Morgan fingerprint density at radius 2 is 2.20 bits per heavy atom. The van der Waals surface area contributed by atoms with Gasteiger partial charge in [-0.15, -0.1) is 0 Å². The van der Waals surface area contributed by atoms with Gasteiger partial charge in [-0.05, 0) is 31.7 Å². The standard InChI is InChI=1S/C19H21ClFN5O3S/c1-30(28,29)10-19(27)4-2-3-12(6-19)25-18-15(21)9-24-17(26-18)14-8-23-16-13(14)5-11(20)7-22-16/h5,7-9,12,27H,2-4,6,10H2,1H3,(H,22,23)(H,24,25,26)/t12-,19+/m0/s1. The first-order valence-corrected chi connectivity index (χ1v) is 11.9. The Bertz CT molecular complexity index is 1200. The van der Waals surface area contributed by atoms with Crippen LogP contribution in [0.15, 0.2) is 24.7 Å². The molecule has 1 saturated carbocycles. The summed E-state index contributed by atoms with van der Waals surface area (Å²) in [5, 5.41) is 14.9. The van der Waals surface area contributed by atoms with E-state index in [1.165, 1.54) is 6.20 Å². The number of pyridine rings is 1. The molecule has 0 saturated heterocycles. The normalized spacial score (nSPS) is 22.3. The van der Waals surface area contributed by atoms with Gasteiger partial charge in [-0.25, -0.2) is 27.8 Å². The van der Waals surface area contributed by atoms with Crippen LogP contribution in [0.25, 0.3) is 22.4 Å². The molecule has 0 aliphatic heterocycles. The third-order valence-corrected chi connectivity index (χ3v) is 6.44. The van der Waals surface area contributed by atoms with Crippen molar-refractivity contribution in [2.45, 2.75) is 37.3 Å². The van der Waals surface area contributed by atoms with Crippen LogP contribution in [0.1, 0.15) is 25.7 Å². The summed E-state index contributed by atoms with van der Waals surface area (Å²) >= 11 is 6.04. The zero-order valence-corrected chi connectivity index (χ0v) is 17.8. The Balaban J connectivity index is 1.60. The second-order valence-corrected chi connectivity index (χ2v) is 10.5. The summed E-state index contributed by atoms with van der Waals surface area (Å²) < 4.78 is 37.7. The van der Waals surface area contributed by atoms with Gasteiger partial charge in [0.05, 0.1) is 22.6 Å². The van der Waals surface area contributed by atoms with Crippen molar-refractivity contribution in [3.8, 4) is 11.4 Å². The van der Waals surface area contributed by atoms with Gasteiger partial charge in [0.25, 0.3) is 0 Å². The molecule has 0 amide bonds. The first-order valence-electron chi connectivity index (χ1n) is 9.44. The minimum Gasteiger partial charge on any atom is -0.389 e. The molecule has 11 heteroatoms. The number of H-pyrrole nitrogens is 1. The van der Waals surface area contributed by atoms with E-state index in [0.29, 0.717) is 40.9 Å². The molecule has 3 heterocycles. The van der Waals surface area contributed by atoms with Crippen LogP contribution < -0.4 is 5.32 Å². The lowest BCUT2D eigenvalue weighted by atomic mass is 9.83. The fourth-order valence-electron chi connectivity index (χ4n) is 4.04. The monoisotopic (exact) mass is 453 g/mol. The molecule has 2 atom stereocenters. The number of rotatable bonds is 5. The smallest absolute Gasteiger partial charge is 0.183 e. The minimum atomic E-state index is -3.34. The number of aromatic amines is 1. The van der Waals surface area contributed by atoms with Crippen molar-refractivity contribution in [3.63, 3.8) is 0 Å². The maximum absolute atomic E-state index is 14.4. The van der Waals surface area contributed by atoms with Gasteiger partial charge < -0.3 is 15.4 Å². The van der Waals surface area contributed by atoms with E-state index in [2.05, 4.69) is 25.3 Å². The molecule has 3 aromatic heterocycles. The van der Waals surface area contributed by atoms with Crippen LogP contribution in [-0.2, 0) is 9.84 Å². The van der Waals surface area contributed by atoms with Crippen LogP contribution in [0, 0.1) is 5.82 Å². The number of halogens is 2. The van der Waals surface area contributed by atoms with Crippen LogP contribution in [-0.4, -0.2) is 57.1 Å². The van der Waals surface area contributed by atoms with Gasteiger partial charge in [-0.3, -0.25) is 0 Å².